The first-order valence-electron chi connectivity index (χ1n) is 3.55. The first-order valence-corrected chi connectivity index (χ1v) is 3.55. The minimum Gasteiger partial charge on any atom is -0.481 e. The molecule has 0 aromatic heterocycles. The number of carbonyl (C=O) groups excluding carboxylic acids is 1. The molecule has 0 rings (SSSR count). The molecule has 2 N–H and O–H groups in total. The third-order valence-corrected chi connectivity index (χ3v) is 1.32. The number of aliphatic carboxylic acids is 1. The van der Waals surface area contributed by atoms with Crippen LogP contribution >= 0.6 is 0 Å². The zero-order valence-electron chi connectivity index (χ0n) is 6.76. The Balaban J connectivity index is 3.76. The summed E-state index contributed by atoms with van der Waals surface area (Å²) in [6.45, 7) is 3.22. The molecule has 0 radical (unpaired) electrons. The van der Waals surface area contributed by atoms with E-state index < -0.39 is 5.97 Å². The van der Waals surface area contributed by atoms with Crippen LogP contribution in [0.15, 0.2) is 0 Å². The molecule has 0 fully saturated rings. The van der Waals surface area contributed by atoms with E-state index in [0.717, 1.165) is 0 Å². The first-order chi connectivity index (χ1) is 5.06. The molecule has 1 amide bonds. The van der Waals surface area contributed by atoms with Gasteiger partial charge in [-0.25, -0.2) is 0 Å². The molecule has 0 spiro atoms. The van der Waals surface area contributed by atoms with E-state index in [0.29, 0.717) is 6.42 Å². The summed E-state index contributed by atoms with van der Waals surface area (Å²) in [4.78, 5) is 20.7. The molecule has 0 aliphatic heterocycles. The summed E-state index contributed by atoms with van der Waals surface area (Å²) in [6.07, 6.45) is 0.641. The van der Waals surface area contributed by atoms with Gasteiger partial charge in [0.1, 0.15) is 0 Å². The summed E-state index contributed by atoms with van der Waals surface area (Å²) >= 11 is 0. The third kappa shape index (κ3) is 5.39. The van der Waals surface area contributed by atoms with E-state index >= 15 is 0 Å². The maximum atomic E-state index is 10.5. The topological polar surface area (TPSA) is 66.4 Å². The lowest BCUT2D eigenvalue weighted by molar-refractivity contribution is -0.137. The van der Waals surface area contributed by atoms with E-state index in [4.69, 9.17) is 5.11 Å². The second-order valence-corrected chi connectivity index (χ2v) is 2.40. The number of nitrogens with one attached hydrogen (secondary N) is 1. The van der Waals surface area contributed by atoms with Crippen LogP contribution < -0.4 is 5.32 Å². The van der Waals surface area contributed by atoms with Crippen molar-refractivity contribution in [2.75, 3.05) is 0 Å². The number of carbonyl (C=O) groups is 2. The Morgan fingerprint density at radius 3 is 2.36 bits per heavy atom. The van der Waals surface area contributed by atoms with Crippen molar-refractivity contribution < 1.29 is 14.7 Å². The standard InChI is InChI=1S/C7H13NO3/c1-3-6(4-7(10)11)8-5(2)9/h6H,3-4H2,1-2H3,(H,8,9)(H,10,11). The molecule has 64 valence electrons. The molecule has 4 nitrogen and oxygen atoms in total. The normalized spacial score (nSPS) is 12.2. The van der Waals surface area contributed by atoms with Gasteiger partial charge in [0.25, 0.3) is 0 Å². The van der Waals surface area contributed by atoms with Gasteiger partial charge >= 0.3 is 5.97 Å². The van der Waals surface area contributed by atoms with Crippen molar-refractivity contribution in [2.45, 2.75) is 32.7 Å². The molecule has 0 aromatic rings. The van der Waals surface area contributed by atoms with Crippen LogP contribution in [0.3, 0.4) is 0 Å². The highest BCUT2D eigenvalue weighted by atomic mass is 16.4. The molecule has 0 aliphatic carbocycles. The molecule has 1 atom stereocenters. The molecule has 0 aromatic carbocycles. The molecule has 0 aliphatic rings. The third-order valence-electron chi connectivity index (χ3n) is 1.32. The van der Waals surface area contributed by atoms with Gasteiger partial charge in [-0.1, -0.05) is 6.92 Å². The zero-order chi connectivity index (χ0) is 8.85. The predicted octanol–water partition coefficient (Wildman–Crippen LogP) is 0.376. The molecule has 0 heterocycles. The summed E-state index contributed by atoms with van der Waals surface area (Å²) in [5.41, 5.74) is 0. The largest absolute Gasteiger partial charge is 0.481 e. The van der Waals surface area contributed by atoms with E-state index in [-0.39, 0.29) is 18.4 Å². The van der Waals surface area contributed by atoms with Gasteiger partial charge in [-0.15, -0.1) is 0 Å². The van der Waals surface area contributed by atoms with Gasteiger partial charge in [0.05, 0.1) is 6.42 Å². The maximum Gasteiger partial charge on any atom is 0.305 e. The summed E-state index contributed by atoms with van der Waals surface area (Å²) in [6, 6.07) is -0.231. The average Bonchev–Trinajstić information content (AvgIpc) is 1.84. The van der Waals surface area contributed by atoms with Crippen LogP contribution in [-0.4, -0.2) is 23.0 Å². The van der Waals surface area contributed by atoms with Crippen molar-refractivity contribution in [3.63, 3.8) is 0 Å². The first kappa shape index (κ1) is 9.94. The highest BCUT2D eigenvalue weighted by Gasteiger charge is 2.10. The van der Waals surface area contributed by atoms with Crippen LogP contribution in [0.1, 0.15) is 26.7 Å². The maximum absolute atomic E-state index is 10.5. The van der Waals surface area contributed by atoms with Crippen LogP contribution in [-0.2, 0) is 9.59 Å². The van der Waals surface area contributed by atoms with E-state index in [1.165, 1.54) is 6.92 Å². The minimum absolute atomic E-state index is 0.00389. The van der Waals surface area contributed by atoms with Gasteiger partial charge in [0.15, 0.2) is 0 Å². The highest BCUT2D eigenvalue weighted by molar-refractivity contribution is 5.74. The van der Waals surface area contributed by atoms with Gasteiger partial charge in [-0.2, -0.15) is 0 Å². The molecular formula is C7H13NO3. The Kier molecular flexibility index (Phi) is 4.26. The number of hydrogen-bond acceptors (Lipinski definition) is 2. The van der Waals surface area contributed by atoms with Gasteiger partial charge in [0.2, 0.25) is 5.91 Å². The van der Waals surface area contributed by atoms with Crippen molar-refractivity contribution in [1.29, 1.82) is 0 Å². The second kappa shape index (κ2) is 4.71. The fraction of sp³-hybridized carbons (Fsp3) is 0.714. The summed E-state index contributed by atoms with van der Waals surface area (Å²) in [5, 5.41) is 10.9. The lowest BCUT2D eigenvalue weighted by atomic mass is 10.1. The Hall–Kier alpha value is -1.06. The van der Waals surface area contributed by atoms with Crippen molar-refractivity contribution in [3.05, 3.63) is 0 Å². The fourth-order valence-electron chi connectivity index (χ4n) is 0.796. The van der Waals surface area contributed by atoms with Crippen LogP contribution in [0.5, 0.6) is 0 Å². The summed E-state index contributed by atoms with van der Waals surface area (Å²) in [5.74, 6) is -1.07. The molecule has 1 unspecified atom stereocenters. The molecule has 0 bridgehead atoms. The number of carboxylic acid groups (broad SMARTS) is 1. The van der Waals surface area contributed by atoms with Gasteiger partial charge in [-0.05, 0) is 6.42 Å². The lowest BCUT2D eigenvalue weighted by Crippen LogP contribution is -2.34. The predicted molar refractivity (Wildman–Crippen MR) is 40.1 cm³/mol. The zero-order valence-corrected chi connectivity index (χ0v) is 6.76. The Labute approximate surface area is 65.6 Å². The van der Waals surface area contributed by atoms with Crippen LogP contribution in [0, 0.1) is 0 Å². The number of carboxylic acids is 1. The SMILES string of the molecule is CCC(CC(=O)O)NC(C)=O. The second-order valence-electron chi connectivity index (χ2n) is 2.40. The number of amides is 1. The van der Waals surface area contributed by atoms with E-state index in [9.17, 15) is 9.59 Å². The van der Waals surface area contributed by atoms with Gasteiger partial charge < -0.3 is 10.4 Å². The van der Waals surface area contributed by atoms with E-state index in [2.05, 4.69) is 5.32 Å². The molecule has 4 heteroatoms. The average molecular weight is 159 g/mol. The smallest absolute Gasteiger partial charge is 0.305 e. The highest BCUT2D eigenvalue weighted by Crippen LogP contribution is 1.96. The van der Waals surface area contributed by atoms with Crippen LogP contribution in [0.2, 0.25) is 0 Å². The Morgan fingerprint density at radius 2 is 2.09 bits per heavy atom. The van der Waals surface area contributed by atoms with Crippen molar-refractivity contribution in [3.8, 4) is 0 Å². The molecule has 11 heavy (non-hydrogen) atoms. The van der Waals surface area contributed by atoms with Gasteiger partial charge in [0, 0.05) is 13.0 Å². The molecular weight excluding hydrogens is 146 g/mol. The van der Waals surface area contributed by atoms with Crippen LogP contribution in [0.4, 0.5) is 0 Å². The Bertz CT molecular complexity index is 140. The number of hydrogen-bond donors (Lipinski definition) is 2. The molecule has 0 saturated heterocycles. The van der Waals surface area contributed by atoms with Crippen molar-refractivity contribution in [2.24, 2.45) is 0 Å². The van der Waals surface area contributed by atoms with E-state index in [1.807, 2.05) is 6.92 Å². The number of rotatable bonds is 4. The minimum atomic E-state index is -0.884. The fourth-order valence-corrected chi connectivity index (χ4v) is 0.796. The lowest BCUT2D eigenvalue weighted by Gasteiger charge is -2.12. The van der Waals surface area contributed by atoms with Crippen LogP contribution in [0.25, 0.3) is 0 Å². The van der Waals surface area contributed by atoms with Crippen molar-refractivity contribution >= 4 is 11.9 Å². The summed E-state index contributed by atoms with van der Waals surface area (Å²) < 4.78 is 0. The monoisotopic (exact) mass is 159 g/mol. The molecule has 0 saturated carbocycles. The van der Waals surface area contributed by atoms with Crippen molar-refractivity contribution in [1.82, 2.24) is 5.32 Å². The Morgan fingerprint density at radius 1 is 1.55 bits per heavy atom. The summed E-state index contributed by atoms with van der Waals surface area (Å²) in [7, 11) is 0. The van der Waals surface area contributed by atoms with E-state index in [1.54, 1.807) is 0 Å². The quantitative estimate of drug-likeness (QED) is 0.623. The van der Waals surface area contributed by atoms with Gasteiger partial charge in [-0.3, -0.25) is 9.59 Å².